The molecule has 1 saturated heterocycles. The Morgan fingerprint density at radius 1 is 1.26 bits per heavy atom. The van der Waals surface area contributed by atoms with E-state index in [9.17, 15) is 0 Å². The molecule has 0 spiro atoms. The summed E-state index contributed by atoms with van der Waals surface area (Å²) in [7, 11) is 2.05. The van der Waals surface area contributed by atoms with E-state index in [1.807, 2.05) is 4.52 Å². The lowest BCUT2D eigenvalue weighted by molar-refractivity contribution is 0.304. The lowest BCUT2D eigenvalue weighted by Gasteiger charge is -2.40. The largest absolute Gasteiger partial charge is 0.356 e. The van der Waals surface area contributed by atoms with Gasteiger partial charge in [0.15, 0.2) is 5.65 Å². The van der Waals surface area contributed by atoms with Gasteiger partial charge < -0.3 is 10.2 Å². The summed E-state index contributed by atoms with van der Waals surface area (Å²) >= 11 is 0. The third kappa shape index (κ3) is 2.18. The molecule has 1 fully saturated rings. The van der Waals surface area contributed by atoms with Gasteiger partial charge in [0.1, 0.15) is 12.1 Å². The molecular weight excluding hydrogens is 238 g/mol. The fourth-order valence-corrected chi connectivity index (χ4v) is 2.74. The predicted molar refractivity (Wildman–Crippen MR) is 76.6 cm³/mol. The first kappa shape index (κ1) is 12.4. The van der Waals surface area contributed by atoms with Gasteiger partial charge in [-0.2, -0.15) is 9.61 Å². The van der Waals surface area contributed by atoms with E-state index < -0.39 is 0 Å². The molecule has 5 nitrogen and oxygen atoms in total. The zero-order chi connectivity index (χ0) is 13.5. The highest BCUT2D eigenvalue weighted by Crippen LogP contribution is 2.26. The third-order valence-corrected chi connectivity index (χ3v) is 4.30. The zero-order valence-electron chi connectivity index (χ0n) is 11.8. The van der Waals surface area contributed by atoms with Crippen molar-refractivity contribution in [2.45, 2.75) is 32.2 Å². The molecule has 3 rings (SSSR count). The predicted octanol–water partition coefficient (Wildman–Crippen LogP) is 1.62. The molecule has 0 aromatic carbocycles. The van der Waals surface area contributed by atoms with Crippen LogP contribution in [-0.4, -0.2) is 40.3 Å². The molecule has 0 unspecified atom stereocenters. The van der Waals surface area contributed by atoms with Gasteiger partial charge in [0, 0.05) is 18.6 Å². The van der Waals surface area contributed by atoms with Crippen molar-refractivity contribution in [2.24, 2.45) is 0 Å². The van der Waals surface area contributed by atoms with Crippen LogP contribution >= 0.6 is 0 Å². The quantitative estimate of drug-likeness (QED) is 0.890. The van der Waals surface area contributed by atoms with Crippen LogP contribution in [0.1, 0.15) is 25.3 Å². The molecule has 0 saturated carbocycles. The SMILES string of the molecule is CNC1(C)CCN(c2cc(C)cc3ncnn23)CC1. The Morgan fingerprint density at radius 3 is 2.68 bits per heavy atom. The van der Waals surface area contributed by atoms with Crippen molar-refractivity contribution in [3.8, 4) is 0 Å². The third-order valence-electron chi connectivity index (χ3n) is 4.30. The van der Waals surface area contributed by atoms with E-state index in [1.165, 1.54) is 5.56 Å². The van der Waals surface area contributed by atoms with Gasteiger partial charge in [-0.3, -0.25) is 0 Å². The number of nitrogens with zero attached hydrogens (tertiary/aromatic N) is 4. The van der Waals surface area contributed by atoms with Crippen LogP contribution in [0.25, 0.3) is 5.65 Å². The summed E-state index contributed by atoms with van der Waals surface area (Å²) in [5, 5.41) is 7.77. The molecule has 0 aliphatic carbocycles. The molecule has 2 aromatic heterocycles. The van der Waals surface area contributed by atoms with Crippen molar-refractivity contribution in [2.75, 3.05) is 25.0 Å². The summed E-state index contributed by atoms with van der Waals surface area (Å²) in [6.45, 7) is 6.51. The Morgan fingerprint density at radius 2 is 2.00 bits per heavy atom. The first-order chi connectivity index (χ1) is 9.11. The molecule has 0 bridgehead atoms. The molecule has 5 heteroatoms. The maximum absolute atomic E-state index is 4.34. The maximum Gasteiger partial charge on any atom is 0.157 e. The van der Waals surface area contributed by atoms with E-state index in [4.69, 9.17) is 0 Å². The Hall–Kier alpha value is -1.62. The van der Waals surface area contributed by atoms with Gasteiger partial charge in [-0.25, -0.2) is 4.98 Å². The molecule has 1 N–H and O–H groups in total. The Balaban J connectivity index is 1.91. The number of piperidine rings is 1. The first-order valence-corrected chi connectivity index (χ1v) is 6.86. The maximum atomic E-state index is 4.34. The minimum absolute atomic E-state index is 0.266. The highest BCUT2D eigenvalue weighted by atomic mass is 15.4. The number of rotatable bonds is 2. The number of pyridine rings is 1. The molecule has 1 aliphatic rings. The second-order valence-electron chi connectivity index (χ2n) is 5.72. The number of fused-ring (bicyclic) bond motifs is 1. The molecule has 3 heterocycles. The molecule has 2 aromatic rings. The van der Waals surface area contributed by atoms with Crippen molar-refractivity contribution < 1.29 is 0 Å². The van der Waals surface area contributed by atoms with Crippen LogP contribution in [0.2, 0.25) is 0 Å². The second kappa shape index (κ2) is 4.49. The zero-order valence-corrected chi connectivity index (χ0v) is 11.8. The number of anilines is 1. The summed E-state index contributed by atoms with van der Waals surface area (Å²) < 4.78 is 1.94. The van der Waals surface area contributed by atoms with E-state index >= 15 is 0 Å². The summed E-state index contributed by atoms with van der Waals surface area (Å²) in [5.41, 5.74) is 2.43. The fourth-order valence-electron chi connectivity index (χ4n) is 2.74. The molecular formula is C14H21N5. The van der Waals surface area contributed by atoms with Crippen molar-refractivity contribution >= 4 is 11.5 Å². The van der Waals surface area contributed by atoms with E-state index in [2.05, 4.69) is 53.3 Å². The number of hydrogen-bond donors (Lipinski definition) is 1. The molecule has 19 heavy (non-hydrogen) atoms. The lowest BCUT2D eigenvalue weighted by Crippen LogP contribution is -2.50. The van der Waals surface area contributed by atoms with Crippen molar-refractivity contribution in [1.29, 1.82) is 0 Å². The van der Waals surface area contributed by atoms with E-state index in [0.717, 1.165) is 37.4 Å². The van der Waals surface area contributed by atoms with E-state index in [-0.39, 0.29) is 5.54 Å². The summed E-state index contributed by atoms with van der Waals surface area (Å²) in [6, 6.07) is 4.27. The Bertz CT molecular complexity index is 581. The number of aromatic nitrogens is 3. The minimum Gasteiger partial charge on any atom is -0.356 e. The monoisotopic (exact) mass is 259 g/mol. The van der Waals surface area contributed by atoms with Crippen LogP contribution in [-0.2, 0) is 0 Å². The van der Waals surface area contributed by atoms with Gasteiger partial charge in [0.2, 0.25) is 0 Å². The van der Waals surface area contributed by atoms with Crippen molar-refractivity contribution in [1.82, 2.24) is 19.9 Å². The van der Waals surface area contributed by atoms with Gasteiger partial charge in [-0.1, -0.05) is 0 Å². The minimum atomic E-state index is 0.266. The van der Waals surface area contributed by atoms with Crippen LogP contribution in [0.4, 0.5) is 5.82 Å². The van der Waals surface area contributed by atoms with Crippen LogP contribution in [0, 0.1) is 6.92 Å². The average Bonchev–Trinajstić information content (AvgIpc) is 2.87. The Labute approximate surface area is 113 Å². The standard InChI is InChI=1S/C14H21N5/c1-11-8-12-16-10-17-19(12)13(9-11)18-6-4-14(2,15-3)5-7-18/h8-10,15H,4-7H2,1-3H3. The van der Waals surface area contributed by atoms with Crippen LogP contribution in [0.3, 0.4) is 0 Å². The fraction of sp³-hybridized carbons (Fsp3) is 0.571. The highest BCUT2D eigenvalue weighted by molar-refractivity contribution is 5.53. The van der Waals surface area contributed by atoms with E-state index in [0.29, 0.717) is 0 Å². The smallest absolute Gasteiger partial charge is 0.157 e. The first-order valence-electron chi connectivity index (χ1n) is 6.86. The Kier molecular flexibility index (Phi) is 2.93. The number of aryl methyl sites for hydroxylation is 1. The molecule has 1 aliphatic heterocycles. The average molecular weight is 259 g/mol. The number of nitrogens with one attached hydrogen (secondary N) is 1. The molecule has 102 valence electrons. The number of hydrogen-bond acceptors (Lipinski definition) is 4. The van der Waals surface area contributed by atoms with Gasteiger partial charge >= 0.3 is 0 Å². The normalized spacial score (nSPS) is 19.0. The lowest BCUT2D eigenvalue weighted by atomic mass is 9.90. The van der Waals surface area contributed by atoms with Gasteiger partial charge in [0.05, 0.1) is 0 Å². The van der Waals surface area contributed by atoms with Crippen LogP contribution in [0.5, 0.6) is 0 Å². The topological polar surface area (TPSA) is 45.5 Å². The van der Waals surface area contributed by atoms with Crippen molar-refractivity contribution in [3.63, 3.8) is 0 Å². The molecule has 0 amide bonds. The molecule has 0 atom stereocenters. The van der Waals surface area contributed by atoms with Gasteiger partial charge in [0.25, 0.3) is 0 Å². The van der Waals surface area contributed by atoms with Crippen molar-refractivity contribution in [3.05, 3.63) is 24.0 Å². The molecule has 0 radical (unpaired) electrons. The van der Waals surface area contributed by atoms with Gasteiger partial charge in [-0.15, -0.1) is 0 Å². The summed E-state index contributed by atoms with van der Waals surface area (Å²) in [5.74, 6) is 1.16. The second-order valence-corrected chi connectivity index (χ2v) is 5.72. The summed E-state index contributed by atoms with van der Waals surface area (Å²) in [6.07, 6.45) is 3.92. The van der Waals surface area contributed by atoms with Crippen LogP contribution < -0.4 is 10.2 Å². The highest BCUT2D eigenvalue weighted by Gasteiger charge is 2.29. The summed E-state index contributed by atoms with van der Waals surface area (Å²) in [4.78, 5) is 6.70. The van der Waals surface area contributed by atoms with E-state index in [1.54, 1.807) is 6.33 Å². The van der Waals surface area contributed by atoms with Crippen LogP contribution in [0.15, 0.2) is 18.5 Å². The van der Waals surface area contributed by atoms with Gasteiger partial charge in [-0.05, 0) is 51.4 Å².